The highest BCUT2D eigenvalue weighted by molar-refractivity contribution is 7.80. The second-order valence-electron chi connectivity index (χ2n) is 7.67. The molecule has 1 aliphatic heterocycles. The fourth-order valence-corrected chi connectivity index (χ4v) is 4.23. The van der Waals surface area contributed by atoms with E-state index in [1.807, 2.05) is 64.1 Å². The Bertz CT molecular complexity index is 1240. The zero-order valence-electron chi connectivity index (χ0n) is 17.8. The third kappa shape index (κ3) is 3.80. The average molecular weight is 431 g/mol. The van der Waals surface area contributed by atoms with Crippen LogP contribution in [0.2, 0.25) is 0 Å². The third-order valence-electron chi connectivity index (χ3n) is 5.26. The van der Waals surface area contributed by atoms with E-state index in [-0.39, 0.29) is 10.7 Å². The van der Waals surface area contributed by atoms with Crippen molar-refractivity contribution in [1.82, 2.24) is 14.9 Å². The summed E-state index contributed by atoms with van der Waals surface area (Å²) < 4.78 is 2.06. The molecule has 2 amide bonds. The number of benzene rings is 1. The highest BCUT2D eigenvalue weighted by atomic mass is 32.1. The number of nitrogens with one attached hydrogen (secondary N) is 1. The first-order chi connectivity index (χ1) is 14.8. The van der Waals surface area contributed by atoms with Crippen LogP contribution in [0.25, 0.3) is 11.8 Å². The maximum absolute atomic E-state index is 13.3. The van der Waals surface area contributed by atoms with Gasteiger partial charge in [0.15, 0.2) is 5.11 Å². The van der Waals surface area contributed by atoms with Crippen molar-refractivity contribution in [3.63, 3.8) is 0 Å². The largest absolute Gasteiger partial charge is 0.318 e. The molecule has 1 N–H and O–H groups in total. The lowest BCUT2D eigenvalue weighted by atomic mass is 10.1. The number of nitrogens with zero attached hydrogens (tertiary/aromatic N) is 3. The van der Waals surface area contributed by atoms with Crippen molar-refractivity contribution in [2.75, 3.05) is 4.90 Å². The molecular formula is C24H22N4O2S. The topological polar surface area (TPSA) is 67.2 Å². The van der Waals surface area contributed by atoms with E-state index in [4.69, 9.17) is 12.2 Å². The molecule has 3 heterocycles. The van der Waals surface area contributed by atoms with Crippen molar-refractivity contribution < 1.29 is 9.59 Å². The normalized spacial score (nSPS) is 15.5. The molecule has 31 heavy (non-hydrogen) atoms. The summed E-state index contributed by atoms with van der Waals surface area (Å²) in [6.45, 7) is 7.85. The molecule has 1 saturated heterocycles. The molecule has 0 saturated carbocycles. The zero-order chi connectivity index (χ0) is 22.3. The van der Waals surface area contributed by atoms with Gasteiger partial charge in [-0.2, -0.15) is 0 Å². The Labute approximate surface area is 186 Å². The number of hydrogen-bond donors (Lipinski definition) is 1. The maximum Gasteiger partial charge on any atom is 0.270 e. The summed E-state index contributed by atoms with van der Waals surface area (Å²) in [6, 6.07) is 11.6. The Kier molecular flexibility index (Phi) is 5.29. The van der Waals surface area contributed by atoms with Crippen LogP contribution in [0.3, 0.4) is 0 Å². The second kappa shape index (κ2) is 7.92. The minimum atomic E-state index is -0.496. The van der Waals surface area contributed by atoms with Gasteiger partial charge >= 0.3 is 0 Å². The van der Waals surface area contributed by atoms with Crippen LogP contribution >= 0.6 is 12.2 Å². The smallest absolute Gasteiger partial charge is 0.270 e. The highest BCUT2D eigenvalue weighted by Crippen LogP contribution is 2.27. The lowest BCUT2D eigenvalue weighted by Gasteiger charge is -2.29. The Morgan fingerprint density at radius 2 is 1.58 bits per heavy atom. The van der Waals surface area contributed by atoms with Crippen LogP contribution in [-0.2, 0) is 9.59 Å². The summed E-state index contributed by atoms with van der Waals surface area (Å²) in [5.41, 5.74) is 6.36. The van der Waals surface area contributed by atoms with Gasteiger partial charge in [0, 0.05) is 29.5 Å². The molecular weight excluding hydrogens is 408 g/mol. The Morgan fingerprint density at radius 3 is 2.23 bits per heavy atom. The number of carbonyl (C=O) groups is 2. The van der Waals surface area contributed by atoms with E-state index in [1.165, 1.54) is 4.90 Å². The monoisotopic (exact) mass is 430 g/mol. The van der Waals surface area contributed by atoms with Crippen molar-refractivity contribution in [2.45, 2.75) is 27.7 Å². The van der Waals surface area contributed by atoms with Gasteiger partial charge in [-0.05, 0) is 93.0 Å². The number of carbonyl (C=O) groups excluding carboxylic acids is 2. The Hall–Kier alpha value is -3.58. The highest BCUT2D eigenvalue weighted by Gasteiger charge is 2.35. The van der Waals surface area contributed by atoms with Crippen LogP contribution in [-0.4, -0.2) is 26.5 Å². The summed E-state index contributed by atoms with van der Waals surface area (Å²) in [5, 5.41) is 2.74. The van der Waals surface area contributed by atoms with Crippen LogP contribution in [0.15, 0.2) is 54.4 Å². The molecule has 0 bridgehead atoms. The van der Waals surface area contributed by atoms with Crippen molar-refractivity contribution >= 4 is 40.9 Å². The second-order valence-corrected chi connectivity index (χ2v) is 8.06. The van der Waals surface area contributed by atoms with Gasteiger partial charge in [-0.15, -0.1) is 0 Å². The molecule has 156 valence electrons. The average Bonchev–Trinajstić information content (AvgIpc) is 2.98. The van der Waals surface area contributed by atoms with Gasteiger partial charge < -0.3 is 4.57 Å². The number of thiocarbonyl (C=S) groups is 1. The van der Waals surface area contributed by atoms with Gasteiger partial charge in [0.25, 0.3) is 11.8 Å². The molecule has 4 rings (SSSR count). The molecule has 0 radical (unpaired) electrons. The standard InChI is InChI=1S/C24H22N4O2S/c1-14-9-15(2)11-20(10-14)28-23(30)21(22(29)26-24(28)31)13-18-12-16(3)27(17(18)4)19-5-7-25-8-6-19/h5-13H,1-4H3,(H,26,29,31)/b21-13-. The number of anilines is 1. The fraction of sp³-hybridized carbons (Fsp3) is 0.167. The number of amides is 2. The zero-order valence-corrected chi connectivity index (χ0v) is 18.6. The molecule has 0 atom stereocenters. The molecule has 1 fully saturated rings. The van der Waals surface area contributed by atoms with E-state index in [0.717, 1.165) is 33.8 Å². The minimum Gasteiger partial charge on any atom is -0.318 e. The molecule has 6 nitrogen and oxygen atoms in total. The number of hydrogen-bond acceptors (Lipinski definition) is 4. The van der Waals surface area contributed by atoms with Gasteiger partial charge in [0.1, 0.15) is 5.57 Å². The van der Waals surface area contributed by atoms with E-state index >= 15 is 0 Å². The molecule has 2 aromatic heterocycles. The third-order valence-corrected chi connectivity index (χ3v) is 5.54. The van der Waals surface area contributed by atoms with Crippen LogP contribution in [0, 0.1) is 27.7 Å². The molecule has 3 aromatic rings. The van der Waals surface area contributed by atoms with E-state index in [9.17, 15) is 9.59 Å². The van der Waals surface area contributed by atoms with Crippen molar-refractivity contribution in [1.29, 1.82) is 0 Å². The van der Waals surface area contributed by atoms with Gasteiger partial charge in [-0.1, -0.05) is 6.07 Å². The van der Waals surface area contributed by atoms with Crippen molar-refractivity contribution in [2.24, 2.45) is 0 Å². The fourth-order valence-electron chi connectivity index (χ4n) is 3.95. The first kappa shape index (κ1) is 20.7. The molecule has 0 spiro atoms. The summed E-state index contributed by atoms with van der Waals surface area (Å²) >= 11 is 5.32. The quantitative estimate of drug-likeness (QED) is 0.388. The van der Waals surface area contributed by atoms with Gasteiger partial charge in [0.05, 0.1) is 5.69 Å². The first-order valence-electron chi connectivity index (χ1n) is 9.85. The Morgan fingerprint density at radius 1 is 0.935 bits per heavy atom. The molecule has 0 unspecified atom stereocenters. The number of pyridine rings is 1. The summed E-state index contributed by atoms with van der Waals surface area (Å²) in [6.07, 6.45) is 5.09. The van der Waals surface area contributed by atoms with E-state index in [1.54, 1.807) is 18.5 Å². The lowest BCUT2D eigenvalue weighted by molar-refractivity contribution is -0.122. The first-order valence-corrected chi connectivity index (χ1v) is 10.3. The predicted octanol–water partition coefficient (Wildman–Crippen LogP) is 3.94. The molecule has 0 aliphatic carbocycles. The van der Waals surface area contributed by atoms with Crippen LogP contribution in [0.1, 0.15) is 28.1 Å². The molecule has 1 aliphatic rings. The van der Waals surface area contributed by atoms with Crippen LogP contribution in [0.4, 0.5) is 5.69 Å². The molecule has 7 heteroatoms. The lowest BCUT2D eigenvalue weighted by Crippen LogP contribution is -2.54. The molecule has 1 aromatic carbocycles. The van der Waals surface area contributed by atoms with Gasteiger partial charge in [-0.3, -0.25) is 24.8 Å². The van der Waals surface area contributed by atoms with E-state index in [2.05, 4.69) is 14.9 Å². The Balaban J connectivity index is 1.78. The van der Waals surface area contributed by atoms with Crippen LogP contribution in [0.5, 0.6) is 0 Å². The van der Waals surface area contributed by atoms with E-state index in [0.29, 0.717) is 5.69 Å². The van der Waals surface area contributed by atoms with Gasteiger partial charge in [-0.25, -0.2) is 0 Å². The van der Waals surface area contributed by atoms with Gasteiger partial charge in [0.2, 0.25) is 0 Å². The predicted molar refractivity (Wildman–Crippen MR) is 125 cm³/mol. The van der Waals surface area contributed by atoms with Crippen molar-refractivity contribution in [3.8, 4) is 5.69 Å². The summed E-state index contributed by atoms with van der Waals surface area (Å²) in [5.74, 6) is -0.934. The van der Waals surface area contributed by atoms with E-state index < -0.39 is 11.8 Å². The maximum atomic E-state index is 13.3. The number of rotatable bonds is 3. The summed E-state index contributed by atoms with van der Waals surface area (Å²) in [7, 11) is 0. The summed E-state index contributed by atoms with van der Waals surface area (Å²) in [4.78, 5) is 31.5. The SMILES string of the molecule is Cc1cc(C)cc(N2C(=O)/C(=C\c3cc(C)n(-c4ccncc4)c3C)C(=O)NC2=S)c1. The number of aryl methyl sites for hydroxylation is 3. The number of aromatic nitrogens is 2. The van der Waals surface area contributed by atoms with Crippen LogP contribution < -0.4 is 10.2 Å². The minimum absolute atomic E-state index is 0.0442. The van der Waals surface area contributed by atoms with Crippen molar-refractivity contribution in [3.05, 3.63) is 82.4 Å².